The molecule has 0 spiro atoms. The maximum absolute atomic E-state index is 12.7. The van der Waals surface area contributed by atoms with E-state index in [1.54, 1.807) is 0 Å². The van der Waals surface area contributed by atoms with Gasteiger partial charge in [-0.1, -0.05) is 227 Å². The summed E-state index contributed by atoms with van der Waals surface area (Å²) >= 11 is 0. The van der Waals surface area contributed by atoms with Gasteiger partial charge in [-0.15, -0.1) is 0 Å². The SMILES string of the molecule is CCCCCCCCCCCCCCCC(=O)OC[C@H](COC(=O)CCCCCCCCCCCCCC(C)C)OC(=O)CCCCCCCCCC(C)C. The number of hydrogen-bond acceptors (Lipinski definition) is 6. The predicted octanol–water partition coefficient (Wildman–Crippen LogP) is 15.4. The standard InChI is InChI=1S/C49H94O6/c1-6-7-8-9-10-11-12-13-16-19-24-29-34-39-47(50)53-42-46(55-49(52)41-36-31-26-21-23-28-33-38-45(4)5)43-54-48(51)40-35-30-25-20-17-14-15-18-22-27-32-37-44(2)3/h44-46H,6-43H2,1-5H3/t46-/m1/s1. The van der Waals surface area contributed by atoms with E-state index < -0.39 is 6.10 Å². The van der Waals surface area contributed by atoms with Crippen molar-refractivity contribution in [1.82, 2.24) is 0 Å². The molecule has 326 valence electrons. The van der Waals surface area contributed by atoms with Crippen molar-refractivity contribution in [1.29, 1.82) is 0 Å². The number of carbonyl (C=O) groups excluding carboxylic acids is 3. The van der Waals surface area contributed by atoms with Crippen LogP contribution < -0.4 is 0 Å². The highest BCUT2D eigenvalue weighted by Crippen LogP contribution is 2.17. The normalized spacial score (nSPS) is 12.1. The van der Waals surface area contributed by atoms with E-state index in [4.69, 9.17) is 14.2 Å². The molecular weight excluding hydrogens is 685 g/mol. The van der Waals surface area contributed by atoms with Crippen molar-refractivity contribution in [3.63, 3.8) is 0 Å². The highest BCUT2D eigenvalue weighted by molar-refractivity contribution is 5.71. The van der Waals surface area contributed by atoms with Crippen molar-refractivity contribution in [3.8, 4) is 0 Å². The molecule has 0 aliphatic rings. The summed E-state index contributed by atoms with van der Waals surface area (Å²) in [5.74, 6) is 0.749. The van der Waals surface area contributed by atoms with Crippen molar-refractivity contribution in [3.05, 3.63) is 0 Å². The van der Waals surface area contributed by atoms with Crippen LogP contribution in [-0.2, 0) is 28.6 Å². The largest absolute Gasteiger partial charge is 0.462 e. The zero-order valence-electron chi connectivity index (χ0n) is 37.6. The number of esters is 3. The molecule has 0 aliphatic heterocycles. The quantitative estimate of drug-likeness (QED) is 0.0348. The van der Waals surface area contributed by atoms with Crippen LogP contribution in [0.25, 0.3) is 0 Å². The Kier molecular flexibility index (Phi) is 40.8. The van der Waals surface area contributed by atoms with Gasteiger partial charge in [0.2, 0.25) is 0 Å². The van der Waals surface area contributed by atoms with Gasteiger partial charge in [-0.25, -0.2) is 0 Å². The van der Waals surface area contributed by atoms with Gasteiger partial charge in [0.25, 0.3) is 0 Å². The molecule has 0 rings (SSSR count). The van der Waals surface area contributed by atoms with Crippen molar-refractivity contribution in [2.75, 3.05) is 13.2 Å². The lowest BCUT2D eigenvalue weighted by atomic mass is 10.0. The molecule has 0 bridgehead atoms. The van der Waals surface area contributed by atoms with Crippen molar-refractivity contribution in [2.45, 2.75) is 272 Å². The van der Waals surface area contributed by atoms with E-state index in [1.807, 2.05) is 0 Å². The number of unbranched alkanes of at least 4 members (excludes halogenated alkanes) is 28. The van der Waals surface area contributed by atoms with Gasteiger partial charge in [0.15, 0.2) is 6.10 Å². The van der Waals surface area contributed by atoms with Crippen LogP contribution in [0.5, 0.6) is 0 Å². The third-order valence-electron chi connectivity index (χ3n) is 11.0. The molecule has 6 nitrogen and oxygen atoms in total. The molecule has 0 aromatic carbocycles. The molecule has 55 heavy (non-hydrogen) atoms. The van der Waals surface area contributed by atoms with Crippen molar-refractivity contribution < 1.29 is 28.6 Å². The highest BCUT2D eigenvalue weighted by Gasteiger charge is 2.19. The van der Waals surface area contributed by atoms with Gasteiger partial charge >= 0.3 is 17.9 Å². The highest BCUT2D eigenvalue weighted by atomic mass is 16.6. The number of carbonyl (C=O) groups is 3. The Morgan fingerprint density at radius 3 is 0.891 bits per heavy atom. The second kappa shape index (κ2) is 42.0. The van der Waals surface area contributed by atoms with Crippen LogP contribution in [0.4, 0.5) is 0 Å². The van der Waals surface area contributed by atoms with Crippen LogP contribution in [0.3, 0.4) is 0 Å². The smallest absolute Gasteiger partial charge is 0.306 e. The lowest BCUT2D eigenvalue weighted by Gasteiger charge is -2.18. The van der Waals surface area contributed by atoms with E-state index in [1.165, 1.54) is 154 Å². The number of hydrogen-bond donors (Lipinski definition) is 0. The van der Waals surface area contributed by atoms with E-state index in [2.05, 4.69) is 34.6 Å². The molecule has 0 N–H and O–H groups in total. The summed E-state index contributed by atoms with van der Waals surface area (Å²) in [5.41, 5.74) is 0. The molecule has 0 unspecified atom stereocenters. The summed E-state index contributed by atoms with van der Waals surface area (Å²) in [7, 11) is 0. The van der Waals surface area contributed by atoms with E-state index in [0.29, 0.717) is 19.3 Å². The molecule has 0 heterocycles. The van der Waals surface area contributed by atoms with Crippen LogP contribution in [0, 0.1) is 11.8 Å². The summed E-state index contributed by atoms with van der Waals surface area (Å²) in [6.07, 6.45) is 40.9. The lowest BCUT2D eigenvalue weighted by Crippen LogP contribution is -2.30. The molecule has 0 saturated heterocycles. The Labute approximate surface area is 342 Å². The van der Waals surface area contributed by atoms with Crippen LogP contribution in [-0.4, -0.2) is 37.2 Å². The molecule has 0 aromatic heterocycles. The van der Waals surface area contributed by atoms with Crippen LogP contribution in [0.2, 0.25) is 0 Å². The average Bonchev–Trinajstić information content (AvgIpc) is 3.15. The molecule has 0 aliphatic carbocycles. The molecule has 0 saturated carbocycles. The van der Waals surface area contributed by atoms with Gasteiger partial charge in [-0.3, -0.25) is 14.4 Å². The zero-order chi connectivity index (χ0) is 40.5. The minimum absolute atomic E-state index is 0.0649. The average molecular weight is 779 g/mol. The summed E-state index contributed by atoms with van der Waals surface area (Å²) in [6, 6.07) is 0. The maximum Gasteiger partial charge on any atom is 0.306 e. The first-order valence-electron chi connectivity index (χ1n) is 24.2. The van der Waals surface area contributed by atoms with E-state index in [0.717, 1.165) is 69.6 Å². The molecule has 0 radical (unpaired) electrons. The summed E-state index contributed by atoms with van der Waals surface area (Å²) in [4.78, 5) is 37.8. The van der Waals surface area contributed by atoms with Crippen molar-refractivity contribution >= 4 is 17.9 Å². The second-order valence-corrected chi connectivity index (χ2v) is 17.7. The predicted molar refractivity (Wildman–Crippen MR) is 233 cm³/mol. The minimum Gasteiger partial charge on any atom is -0.462 e. The molecule has 0 aromatic rings. The van der Waals surface area contributed by atoms with Gasteiger partial charge < -0.3 is 14.2 Å². The first kappa shape index (κ1) is 53.4. The maximum atomic E-state index is 12.7. The minimum atomic E-state index is -0.761. The van der Waals surface area contributed by atoms with Gasteiger partial charge in [0, 0.05) is 19.3 Å². The lowest BCUT2D eigenvalue weighted by molar-refractivity contribution is -0.167. The summed E-state index contributed by atoms with van der Waals surface area (Å²) in [6.45, 7) is 11.3. The topological polar surface area (TPSA) is 78.9 Å². The van der Waals surface area contributed by atoms with E-state index in [9.17, 15) is 14.4 Å². The Morgan fingerprint density at radius 2 is 0.600 bits per heavy atom. The third kappa shape index (κ3) is 43.4. The molecule has 1 atom stereocenters. The zero-order valence-corrected chi connectivity index (χ0v) is 37.6. The van der Waals surface area contributed by atoms with Gasteiger partial charge in [0.1, 0.15) is 13.2 Å². The second-order valence-electron chi connectivity index (χ2n) is 17.7. The Morgan fingerprint density at radius 1 is 0.345 bits per heavy atom. The van der Waals surface area contributed by atoms with Crippen molar-refractivity contribution in [2.24, 2.45) is 11.8 Å². The third-order valence-corrected chi connectivity index (χ3v) is 11.0. The van der Waals surface area contributed by atoms with E-state index in [-0.39, 0.29) is 31.1 Å². The fraction of sp³-hybridized carbons (Fsp3) is 0.939. The Bertz CT molecular complexity index is 839. The van der Waals surface area contributed by atoms with Gasteiger partial charge in [-0.2, -0.15) is 0 Å². The monoisotopic (exact) mass is 779 g/mol. The van der Waals surface area contributed by atoms with Gasteiger partial charge in [0.05, 0.1) is 0 Å². The summed E-state index contributed by atoms with van der Waals surface area (Å²) in [5, 5.41) is 0. The number of rotatable bonds is 43. The van der Waals surface area contributed by atoms with Gasteiger partial charge in [-0.05, 0) is 31.1 Å². The summed E-state index contributed by atoms with van der Waals surface area (Å²) < 4.78 is 16.7. The molecule has 6 heteroatoms. The van der Waals surface area contributed by atoms with Crippen LogP contribution >= 0.6 is 0 Å². The molecular formula is C49H94O6. The number of ether oxygens (including phenoxy) is 3. The fourth-order valence-electron chi connectivity index (χ4n) is 7.28. The molecule has 0 amide bonds. The first-order chi connectivity index (χ1) is 26.7. The molecule has 0 fully saturated rings. The van der Waals surface area contributed by atoms with Crippen LogP contribution in [0.1, 0.15) is 266 Å². The Balaban J connectivity index is 4.30. The Hall–Kier alpha value is -1.59. The van der Waals surface area contributed by atoms with E-state index >= 15 is 0 Å². The fourth-order valence-corrected chi connectivity index (χ4v) is 7.28. The first-order valence-corrected chi connectivity index (χ1v) is 24.2. The van der Waals surface area contributed by atoms with Crippen LogP contribution in [0.15, 0.2) is 0 Å².